The molecule has 3 aromatic carbocycles. The Kier molecular flexibility index (Phi) is 7.35. The van der Waals surface area contributed by atoms with Gasteiger partial charge >= 0.3 is 0 Å². The van der Waals surface area contributed by atoms with Crippen molar-refractivity contribution >= 4 is 40.5 Å². The largest absolute Gasteiger partial charge is 0.494 e. The number of ether oxygens (including phenoxy) is 2. The van der Waals surface area contributed by atoms with Gasteiger partial charge in [0.1, 0.15) is 11.5 Å². The number of amides is 1. The highest BCUT2D eigenvalue weighted by molar-refractivity contribution is 7.80. The van der Waals surface area contributed by atoms with Gasteiger partial charge < -0.3 is 20.1 Å². The first-order chi connectivity index (χ1) is 14.9. The van der Waals surface area contributed by atoms with Crippen LogP contribution < -0.4 is 20.1 Å². The summed E-state index contributed by atoms with van der Waals surface area (Å²) in [5.41, 5.74) is 2.40. The van der Waals surface area contributed by atoms with E-state index in [9.17, 15) is 9.59 Å². The van der Waals surface area contributed by atoms with Gasteiger partial charge in [-0.25, -0.2) is 0 Å². The number of nitrogens with one attached hydrogen (secondary N) is 2. The van der Waals surface area contributed by atoms with Crippen molar-refractivity contribution in [3.63, 3.8) is 0 Å². The summed E-state index contributed by atoms with van der Waals surface area (Å²) in [6, 6.07) is 20.8. The number of hydrogen-bond donors (Lipinski definition) is 2. The Morgan fingerprint density at radius 3 is 2.13 bits per heavy atom. The molecule has 2 N–H and O–H groups in total. The van der Waals surface area contributed by atoms with Gasteiger partial charge in [0.25, 0.3) is 11.1 Å². The van der Waals surface area contributed by atoms with Crippen LogP contribution in [0.25, 0.3) is 0 Å². The Bertz CT molecular complexity index is 1080. The Morgan fingerprint density at radius 2 is 1.48 bits per heavy atom. The minimum absolute atomic E-state index is 0.00861. The van der Waals surface area contributed by atoms with E-state index < -0.39 is 0 Å². The van der Waals surface area contributed by atoms with Gasteiger partial charge in [0.05, 0.1) is 6.61 Å². The highest BCUT2D eigenvalue weighted by atomic mass is 32.1. The second-order valence-electron chi connectivity index (χ2n) is 6.59. The van der Waals surface area contributed by atoms with Gasteiger partial charge in [0, 0.05) is 22.5 Å². The minimum atomic E-state index is -0.270. The lowest BCUT2D eigenvalue weighted by molar-refractivity contribution is 0.101. The van der Waals surface area contributed by atoms with E-state index in [-0.39, 0.29) is 16.9 Å². The van der Waals surface area contributed by atoms with Crippen LogP contribution in [0.4, 0.5) is 11.4 Å². The van der Waals surface area contributed by atoms with Crippen molar-refractivity contribution < 1.29 is 19.1 Å². The van der Waals surface area contributed by atoms with Gasteiger partial charge in [-0.15, -0.1) is 0 Å². The second kappa shape index (κ2) is 10.4. The summed E-state index contributed by atoms with van der Waals surface area (Å²) < 4.78 is 11.0. The van der Waals surface area contributed by atoms with Crippen LogP contribution in [-0.4, -0.2) is 23.5 Å². The SMILES string of the molecule is CCOc1ccc(NC(=O)c2cccc(OC(=S)Nc3ccc(C(C)=O)cc3)c2)cc1. The zero-order chi connectivity index (χ0) is 22.2. The zero-order valence-corrected chi connectivity index (χ0v) is 18.0. The van der Waals surface area contributed by atoms with E-state index in [1.807, 2.05) is 6.92 Å². The molecule has 0 aliphatic carbocycles. The van der Waals surface area contributed by atoms with Crippen molar-refractivity contribution in [3.8, 4) is 11.5 Å². The summed E-state index contributed by atoms with van der Waals surface area (Å²) in [6.45, 7) is 4.00. The quantitative estimate of drug-likeness (QED) is 0.387. The van der Waals surface area contributed by atoms with Gasteiger partial charge in [-0.05, 0) is 92.8 Å². The van der Waals surface area contributed by atoms with Crippen LogP contribution in [0.2, 0.25) is 0 Å². The maximum Gasteiger partial charge on any atom is 0.266 e. The lowest BCUT2D eigenvalue weighted by Crippen LogP contribution is -2.17. The number of Topliss-reactive ketones (excluding diaryl/α,β-unsaturated/α-hetero) is 1. The van der Waals surface area contributed by atoms with Gasteiger partial charge in [0.15, 0.2) is 5.78 Å². The molecule has 0 aliphatic heterocycles. The summed E-state index contributed by atoms with van der Waals surface area (Å²) in [4.78, 5) is 23.9. The van der Waals surface area contributed by atoms with Crippen molar-refractivity contribution in [1.29, 1.82) is 0 Å². The topological polar surface area (TPSA) is 76.7 Å². The fraction of sp³-hybridized carbons (Fsp3) is 0.125. The molecule has 0 aromatic heterocycles. The molecular formula is C24H22N2O4S. The molecule has 0 heterocycles. The lowest BCUT2D eigenvalue weighted by Gasteiger charge is -2.11. The van der Waals surface area contributed by atoms with E-state index in [1.165, 1.54) is 6.92 Å². The second-order valence-corrected chi connectivity index (χ2v) is 6.96. The third-order valence-electron chi connectivity index (χ3n) is 4.27. The molecular weight excluding hydrogens is 412 g/mol. The molecule has 6 nitrogen and oxygen atoms in total. The van der Waals surface area contributed by atoms with Crippen molar-refractivity contribution in [3.05, 3.63) is 83.9 Å². The monoisotopic (exact) mass is 434 g/mol. The number of hydrogen-bond acceptors (Lipinski definition) is 5. The minimum Gasteiger partial charge on any atom is -0.494 e. The summed E-state index contributed by atoms with van der Waals surface area (Å²) in [5.74, 6) is 0.893. The molecule has 0 spiro atoms. The number of rotatable bonds is 7. The Hall–Kier alpha value is -3.71. The predicted octanol–water partition coefficient (Wildman–Crippen LogP) is 5.32. The predicted molar refractivity (Wildman–Crippen MR) is 125 cm³/mol. The standard InChI is InChI=1S/C24H22N2O4S/c1-3-29-21-13-11-19(12-14-21)25-23(28)18-5-4-6-22(15-18)30-24(31)26-20-9-7-17(8-10-20)16(2)27/h4-15H,3H2,1-2H3,(H,25,28)(H,26,31). The van der Waals surface area contributed by atoms with Crippen LogP contribution >= 0.6 is 12.2 Å². The smallest absolute Gasteiger partial charge is 0.266 e. The normalized spacial score (nSPS) is 10.1. The average Bonchev–Trinajstić information content (AvgIpc) is 2.76. The molecule has 3 aromatic rings. The fourth-order valence-electron chi connectivity index (χ4n) is 2.74. The third kappa shape index (κ3) is 6.38. The number of anilines is 2. The maximum atomic E-state index is 12.6. The van der Waals surface area contributed by atoms with Gasteiger partial charge in [0.2, 0.25) is 0 Å². The first-order valence-electron chi connectivity index (χ1n) is 9.68. The Labute approximate surface area is 186 Å². The summed E-state index contributed by atoms with van der Waals surface area (Å²) in [5, 5.41) is 5.91. The lowest BCUT2D eigenvalue weighted by atomic mass is 10.1. The fourth-order valence-corrected chi connectivity index (χ4v) is 2.96. The first kappa shape index (κ1) is 22.0. The average molecular weight is 435 g/mol. The summed E-state index contributed by atoms with van der Waals surface area (Å²) in [7, 11) is 0. The van der Waals surface area contributed by atoms with Crippen LogP contribution in [-0.2, 0) is 0 Å². The Balaban J connectivity index is 1.60. The highest BCUT2D eigenvalue weighted by Gasteiger charge is 2.09. The molecule has 0 unspecified atom stereocenters. The van der Waals surface area contributed by atoms with Crippen LogP contribution in [0.5, 0.6) is 11.5 Å². The molecule has 3 rings (SSSR count). The molecule has 0 aliphatic rings. The molecule has 7 heteroatoms. The van der Waals surface area contributed by atoms with Crippen LogP contribution in [0, 0.1) is 0 Å². The van der Waals surface area contributed by atoms with E-state index in [4.69, 9.17) is 21.7 Å². The van der Waals surface area contributed by atoms with E-state index in [2.05, 4.69) is 10.6 Å². The van der Waals surface area contributed by atoms with Gasteiger partial charge in [-0.1, -0.05) is 6.07 Å². The maximum absolute atomic E-state index is 12.6. The molecule has 0 saturated heterocycles. The van der Waals surface area contributed by atoms with Gasteiger partial charge in [-0.2, -0.15) is 0 Å². The number of ketones is 1. The highest BCUT2D eigenvalue weighted by Crippen LogP contribution is 2.19. The van der Waals surface area contributed by atoms with Crippen molar-refractivity contribution in [2.75, 3.05) is 17.2 Å². The number of carbonyl (C=O) groups is 2. The number of benzene rings is 3. The molecule has 158 valence electrons. The van der Waals surface area contributed by atoms with Crippen LogP contribution in [0.3, 0.4) is 0 Å². The molecule has 0 radical (unpaired) electrons. The summed E-state index contributed by atoms with van der Waals surface area (Å²) >= 11 is 5.24. The molecule has 31 heavy (non-hydrogen) atoms. The number of thiocarbonyl (C=S) groups is 1. The van der Waals surface area contributed by atoms with E-state index in [0.29, 0.717) is 34.9 Å². The van der Waals surface area contributed by atoms with Crippen molar-refractivity contribution in [1.82, 2.24) is 0 Å². The molecule has 0 saturated carbocycles. The van der Waals surface area contributed by atoms with E-state index >= 15 is 0 Å². The van der Waals surface area contributed by atoms with Crippen LogP contribution in [0.1, 0.15) is 34.6 Å². The molecule has 0 fully saturated rings. The van der Waals surface area contributed by atoms with Crippen molar-refractivity contribution in [2.24, 2.45) is 0 Å². The van der Waals surface area contributed by atoms with Gasteiger partial charge in [-0.3, -0.25) is 9.59 Å². The molecule has 0 bridgehead atoms. The third-order valence-corrected chi connectivity index (χ3v) is 4.45. The van der Waals surface area contributed by atoms with Crippen molar-refractivity contribution in [2.45, 2.75) is 13.8 Å². The zero-order valence-electron chi connectivity index (χ0n) is 17.2. The molecule has 1 amide bonds. The Morgan fingerprint density at radius 1 is 0.839 bits per heavy atom. The summed E-state index contributed by atoms with van der Waals surface area (Å²) in [6.07, 6.45) is 0. The van der Waals surface area contributed by atoms with E-state index in [0.717, 1.165) is 5.75 Å². The van der Waals surface area contributed by atoms with E-state index in [1.54, 1.807) is 72.8 Å². The first-order valence-corrected chi connectivity index (χ1v) is 10.1. The molecule has 0 atom stereocenters. The number of carbonyl (C=O) groups excluding carboxylic acids is 2. The van der Waals surface area contributed by atoms with Crippen LogP contribution in [0.15, 0.2) is 72.8 Å².